The Balaban J connectivity index is 0.000000231. The average molecular weight is 831 g/mol. The summed E-state index contributed by atoms with van der Waals surface area (Å²) in [4.78, 5) is 48.6. The molecule has 0 aliphatic carbocycles. The number of hydrogen-bond donors (Lipinski definition) is 4. The van der Waals surface area contributed by atoms with Crippen molar-refractivity contribution in [3.8, 4) is 0 Å². The Morgan fingerprint density at radius 1 is 0.557 bits per heavy atom. The van der Waals surface area contributed by atoms with Gasteiger partial charge in [-0.05, 0) is 82.1 Å². The zero-order chi connectivity index (χ0) is 44.1. The third kappa shape index (κ3) is 16.5. The molecule has 0 saturated carbocycles. The second-order valence-corrected chi connectivity index (χ2v) is 13.5. The Labute approximate surface area is 353 Å². The van der Waals surface area contributed by atoms with Crippen LogP contribution in [0.25, 0.3) is 0 Å². The van der Waals surface area contributed by atoms with Crippen molar-refractivity contribution in [3.05, 3.63) is 141 Å². The smallest absolute Gasteiger partial charge is 0.269 e. The number of nitro benzene ring substituents is 2. The second-order valence-electron chi connectivity index (χ2n) is 13.5. The summed E-state index contributed by atoms with van der Waals surface area (Å²) in [6, 6.07) is 30.3. The van der Waals surface area contributed by atoms with Crippen molar-refractivity contribution in [2.24, 2.45) is 10.2 Å². The molecule has 0 fully saturated rings. The molecule has 6 N–H and O–H groups in total. The number of nitrogen functional groups attached to an aromatic ring is 2. The molecule has 0 saturated heterocycles. The number of azo groups is 1. The molecule has 0 atom stereocenters. The van der Waals surface area contributed by atoms with Crippen LogP contribution < -0.4 is 31.9 Å². The molecule has 4 aromatic carbocycles. The number of aryl methyl sites for hydroxylation is 3. The number of rotatable bonds is 16. The minimum absolute atomic E-state index is 0.0223. The van der Waals surface area contributed by atoms with E-state index < -0.39 is 9.85 Å². The van der Waals surface area contributed by atoms with Gasteiger partial charge in [-0.3, -0.25) is 20.2 Å². The van der Waals surface area contributed by atoms with E-state index in [1.54, 1.807) is 38.1 Å². The average Bonchev–Trinajstić information content (AvgIpc) is 3.23. The number of nitrogens with two attached hydrogens (primary N) is 2. The van der Waals surface area contributed by atoms with Crippen LogP contribution in [0.2, 0.25) is 0 Å². The summed E-state index contributed by atoms with van der Waals surface area (Å²) in [5, 5.41) is 35.4. The first kappa shape index (κ1) is 45.8. The van der Waals surface area contributed by atoms with Gasteiger partial charge in [-0.15, -0.1) is 0 Å². The highest BCUT2D eigenvalue weighted by Gasteiger charge is 2.06. The van der Waals surface area contributed by atoms with Crippen LogP contribution in [0.4, 0.5) is 57.9 Å². The Bertz CT molecular complexity index is 2280. The van der Waals surface area contributed by atoms with Crippen molar-refractivity contribution in [2.75, 3.05) is 72.2 Å². The molecule has 61 heavy (non-hydrogen) atoms. The molecular weight excluding hydrogens is 781 g/mol. The summed E-state index contributed by atoms with van der Waals surface area (Å²) in [5.41, 5.74) is 15.9. The number of aromatic nitrogens is 6. The second kappa shape index (κ2) is 23.5. The van der Waals surface area contributed by atoms with Gasteiger partial charge in [-0.25, -0.2) is 0 Å². The lowest BCUT2D eigenvalue weighted by Crippen LogP contribution is -2.21. The van der Waals surface area contributed by atoms with E-state index in [2.05, 4.69) is 79.7 Å². The van der Waals surface area contributed by atoms with Gasteiger partial charge in [0.15, 0.2) is 0 Å². The number of hydrogen-bond acceptors (Lipinski definition) is 18. The number of benzene rings is 4. The van der Waals surface area contributed by atoms with Gasteiger partial charge < -0.3 is 31.9 Å². The Morgan fingerprint density at radius 2 is 0.951 bits per heavy atom. The van der Waals surface area contributed by atoms with E-state index in [1.807, 2.05) is 56.4 Å². The Hall–Kier alpha value is -7.90. The third-order valence-corrected chi connectivity index (χ3v) is 8.51. The van der Waals surface area contributed by atoms with Crippen LogP contribution in [0.15, 0.2) is 113 Å². The SMILES string of the molecule is Cc1ccc([N+](=O)[O-])cc1.Cc1nc(N)nc(NCCCN(C)c2ccc(N=Nc3ccc([N+](=O)[O-])cc3)cc2)n1.Cc1nc(N)nc(NCCCN(C)c2ccccc2)n1. The highest BCUT2D eigenvalue weighted by Crippen LogP contribution is 2.23. The summed E-state index contributed by atoms with van der Waals surface area (Å²) in [6.07, 6.45) is 1.86. The molecule has 0 unspecified atom stereocenters. The number of nitrogens with one attached hydrogen (secondary N) is 2. The standard InChI is InChI=1S/C20H23N9O2.C14H20N6.C7H7NO2/c1-14-23-19(21)25-20(24-14)22-12-3-13-28(2)17-8-4-15(5-9-17)26-27-16-6-10-18(11-7-16)29(30)31;1-11-17-13(15)19-14(18-11)16-9-6-10-20(2)12-7-4-3-5-8-12;1-6-2-4-7(5-3-6)8(9)10/h4-11H,3,12-13H2,1-2H3,(H3,21,22,23,24,25);3-5,7-8H,6,9-10H2,1-2H3,(H3,15,16,17,18,19);2-5H,1H3. The maximum Gasteiger partial charge on any atom is 0.269 e. The fraction of sp³-hybridized carbons (Fsp3) is 0.268. The highest BCUT2D eigenvalue weighted by molar-refractivity contribution is 5.53. The quantitative estimate of drug-likeness (QED) is 0.0316. The molecule has 0 bridgehead atoms. The van der Waals surface area contributed by atoms with Crippen LogP contribution >= 0.6 is 0 Å². The number of nitro groups is 2. The topological polar surface area (TPSA) is 271 Å². The summed E-state index contributed by atoms with van der Waals surface area (Å²) in [6.45, 7) is 8.74. The molecule has 318 valence electrons. The monoisotopic (exact) mass is 830 g/mol. The molecule has 6 rings (SSSR count). The van der Waals surface area contributed by atoms with Crippen molar-refractivity contribution in [1.29, 1.82) is 0 Å². The van der Waals surface area contributed by atoms with Crippen molar-refractivity contribution in [1.82, 2.24) is 29.9 Å². The summed E-state index contributed by atoms with van der Waals surface area (Å²) in [7, 11) is 4.10. The van der Waals surface area contributed by atoms with E-state index >= 15 is 0 Å². The first-order valence-corrected chi connectivity index (χ1v) is 19.1. The lowest BCUT2D eigenvalue weighted by molar-refractivity contribution is -0.385. The van der Waals surface area contributed by atoms with Gasteiger partial charge in [0.2, 0.25) is 23.8 Å². The van der Waals surface area contributed by atoms with Crippen molar-refractivity contribution in [2.45, 2.75) is 33.6 Å². The highest BCUT2D eigenvalue weighted by atomic mass is 16.6. The predicted octanol–water partition coefficient (Wildman–Crippen LogP) is 7.63. The minimum atomic E-state index is -0.448. The number of nitrogens with zero attached hydrogens (tertiary/aromatic N) is 12. The zero-order valence-electron chi connectivity index (χ0n) is 34.7. The van der Waals surface area contributed by atoms with E-state index in [-0.39, 0.29) is 23.3 Å². The van der Waals surface area contributed by atoms with Gasteiger partial charge in [0.25, 0.3) is 11.4 Å². The minimum Gasteiger partial charge on any atom is -0.375 e. The Kier molecular flexibility index (Phi) is 17.6. The van der Waals surface area contributed by atoms with Crippen LogP contribution in [0.3, 0.4) is 0 Å². The first-order valence-electron chi connectivity index (χ1n) is 19.1. The maximum atomic E-state index is 10.7. The molecule has 20 heteroatoms. The molecule has 0 aliphatic rings. The normalized spacial score (nSPS) is 10.4. The Morgan fingerprint density at radius 3 is 1.36 bits per heavy atom. The fourth-order valence-corrected chi connectivity index (χ4v) is 5.33. The molecule has 0 aliphatic heterocycles. The summed E-state index contributed by atoms with van der Waals surface area (Å²) >= 11 is 0. The molecule has 20 nitrogen and oxygen atoms in total. The summed E-state index contributed by atoms with van der Waals surface area (Å²) < 4.78 is 0. The van der Waals surface area contributed by atoms with E-state index in [4.69, 9.17) is 11.5 Å². The van der Waals surface area contributed by atoms with Crippen LogP contribution in [0.1, 0.15) is 30.1 Å². The van der Waals surface area contributed by atoms with Crippen molar-refractivity contribution >= 4 is 57.9 Å². The van der Waals surface area contributed by atoms with E-state index in [0.717, 1.165) is 43.7 Å². The largest absolute Gasteiger partial charge is 0.375 e. The van der Waals surface area contributed by atoms with Gasteiger partial charge in [0, 0.05) is 75.9 Å². The van der Waals surface area contributed by atoms with Gasteiger partial charge in [0.1, 0.15) is 11.6 Å². The van der Waals surface area contributed by atoms with E-state index in [9.17, 15) is 20.2 Å². The van der Waals surface area contributed by atoms with Gasteiger partial charge in [-0.1, -0.05) is 35.9 Å². The van der Waals surface area contributed by atoms with E-state index in [0.29, 0.717) is 41.5 Å². The van der Waals surface area contributed by atoms with Crippen LogP contribution in [-0.4, -0.2) is 80.0 Å². The van der Waals surface area contributed by atoms with Crippen LogP contribution in [-0.2, 0) is 0 Å². The molecule has 0 radical (unpaired) electrons. The number of anilines is 6. The molecule has 0 amide bonds. The molecular formula is C41H50N16O4. The number of non-ortho nitro benzene ring substituents is 2. The van der Waals surface area contributed by atoms with Gasteiger partial charge >= 0.3 is 0 Å². The van der Waals surface area contributed by atoms with Crippen molar-refractivity contribution in [3.63, 3.8) is 0 Å². The zero-order valence-corrected chi connectivity index (χ0v) is 34.7. The van der Waals surface area contributed by atoms with Gasteiger partial charge in [-0.2, -0.15) is 40.1 Å². The number of para-hydroxylation sites is 1. The van der Waals surface area contributed by atoms with Gasteiger partial charge in [0.05, 0.1) is 21.2 Å². The summed E-state index contributed by atoms with van der Waals surface area (Å²) in [5.74, 6) is 2.69. The lowest BCUT2D eigenvalue weighted by Gasteiger charge is -2.19. The van der Waals surface area contributed by atoms with Crippen LogP contribution in [0, 0.1) is 41.0 Å². The first-order chi connectivity index (χ1) is 29.2. The molecule has 2 heterocycles. The lowest BCUT2D eigenvalue weighted by atomic mass is 10.2. The van der Waals surface area contributed by atoms with Crippen LogP contribution in [0.5, 0.6) is 0 Å². The predicted molar refractivity (Wildman–Crippen MR) is 239 cm³/mol. The fourth-order valence-electron chi connectivity index (χ4n) is 5.33. The molecule has 0 spiro atoms. The molecule has 6 aromatic rings. The van der Waals surface area contributed by atoms with E-state index in [1.165, 1.54) is 30.0 Å². The van der Waals surface area contributed by atoms with Crippen molar-refractivity contribution < 1.29 is 9.85 Å². The maximum absolute atomic E-state index is 10.7. The third-order valence-electron chi connectivity index (χ3n) is 8.51. The molecule has 2 aromatic heterocycles.